The lowest BCUT2D eigenvalue weighted by molar-refractivity contribution is 0.130. The van der Waals surface area contributed by atoms with E-state index in [4.69, 9.17) is 21.8 Å². The summed E-state index contributed by atoms with van der Waals surface area (Å²) in [5.41, 5.74) is 2.58. The van der Waals surface area contributed by atoms with Crippen LogP contribution in [0, 0.1) is 6.92 Å². The van der Waals surface area contributed by atoms with Crippen LogP contribution in [0.15, 0.2) is 64.4 Å². The molecule has 0 saturated carbocycles. The van der Waals surface area contributed by atoms with Crippen molar-refractivity contribution in [3.05, 3.63) is 70.3 Å². The van der Waals surface area contributed by atoms with Gasteiger partial charge in [0.2, 0.25) is 0 Å². The van der Waals surface area contributed by atoms with Gasteiger partial charge in [-0.15, -0.1) is 0 Å². The summed E-state index contributed by atoms with van der Waals surface area (Å²) in [7, 11) is 0. The third-order valence-corrected chi connectivity index (χ3v) is 5.43. The van der Waals surface area contributed by atoms with Crippen LogP contribution in [0.25, 0.3) is 10.9 Å². The van der Waals surface area contributed by atoms with Gasteiger partial charge >= 0.3 is 0 Å². The Morgan fingerprint density at radius 1 is 1.26 bits per heavy atom. The maximum atomic E-state index is 6.11. The predicted molar refractivity (Wildman–Crippen MR) is 134 cm³/mol. The van der Waals surface area contributed by atoms with Crippen LogP contribution in [-0.4, -0.2) is 27.8 Å². The molecule has 162 valence electrons. The number of nitrogens with zero attached hydrogens (tertiary/aromatic N) is 2. The van der Waals surface area contributed by atoms with E-state index >= 15 is 0 Å². The molecule has 5 nitrogen and oxygen atoms in total. The summed E-state index contributed by atoms with van der Waals surface area (Å²) in [5, 5.41) is 8.39. The lowest BCUT2D eigenvalue weighted by Crippen LogP contribution is -2.48. The highest BCUT2D eigenvalue weighted by atomic mass is 79.9. The third-order valence-electron chi connectivity index (χ3n) is 4.57. The molecule has 1 N–H and O–H groups in total. The van der Waals surface area contributed by atoms with Crippen molar-refractivity contribution in [2.24, 2.45) is 5.16 Å². The Kier molecular flexibility index (Phi) is 7.62. The molecule has 0 aliphatic rings. The Morgan fingerprint density at radius 2 is 2.00 bits per heavy atom. The molecular weight excluding hydrogens is 474 g/mol. The number of benzene rings is 2. The lowest BCUT2D eigenvalue weighted by atomic mass is 10.1. The lowest BCUT2D eigenvalue weighted by Gasteiger charge is -2.26. The molecule has 0 bridgehead atoms. The van der Waals surface area contributed by atoms with E-state index in [-0.39, 0.29) is 6.10 Å². The number of aromatic nitrogens is 1. The molecule has 1 unspecified atom stereocenters. The quantitative estimate of drug-likeness (QED) is 0.235. The van der Waals surface area contributed by atoms with Crippen LogP contribution in [0.2, 0.25) is 0 Å². The Balaban J connectivity index is 1.58. The zero-order valence-electron chi connectivity index (χ0n) is 18.1. The molecule has 31 heavy (non-hydrogen) atoms. The van der Waals surface area contributed by atoms with Gasteiger partial charge in [0.05, 0.1) is 17.3 Å². The largest absolute Gasteiger partial charge is 0.484 e. The predicted octanol–water partition coefficient (Wildman–Crippen LogP) is 5.97. The molecule has 7 heteroatoms. The maximum absolute atomic E-state index is 6.11. The molecule has 0 saturated heterocycles. The van der Waals surface area contributed by atoms with E-state index in [1.54, 1.807) is 12.4 Å². The third kappa shape index (κ3) is 6.74. The van der Waals surface area contributed by atoms with Crippen molar-refractivity contribution in [3.8, 4) is 5.75 Å². The van der Waals surface area contributed by atoms with Crippen LogP contribution >= 0.6 is 28.1 Å². The number of rotatable bonds is 8. The molecular formula is C24H26BrN3O2S. The van der Waals surface area contributed by atoms with E-state index in [1.165, 1.54) is 0 Å². The number of pyridine rings is 1. The fraction of sp³-hybridized carbons (Fsp3) is 0.292. The van der Waals surface area contributed by atoms with Crippen LogP contribution in [0.1, 0.15) is 31.9 Å². The van der Waals surface area contributed by atoms with E-state index in [2.05, 4.69) is 31.4 Å². The van der Waals surface area contributed by atoms with Gasteiger partial charge in [0.25, 0.3) is 0 Å². The Morgan fingerprint density at radius 3 is 2.74 bits per heavy atom. The number of fused-ring (bicyclic) bond motifs is 1. The Hall–Kier alpha value is -2.51. The summed E-state index contributed by atoms with van der Waals surface area (Å²) in [6, 6.07) is 15.9. The van der Waals surface area contributed by atoms with Gasteiger partial charge in [0.15, 0.2) is 0 Å². The first-order chi connectivity index (χ1) is 14.7. The maximum Gasteiger partial charge on any atom is 0.146 e. The molecule has 0 radical (unpaired) electrons. The van der Waals surface area contributed by atoms with Crippen molar-refractivity contribution in [2.45, 2.75) is 45.9 Å². The van der Waals surface area contributed by atoms with Crippen LogP contribution in [0.4, 0.5) is 0 Å². The number of halogens is 1. The Bertz CT molecular complexity index is 1090. The highest BCUT2D eigenvalue weighted by Crippen LogP contribution is 2.26. The van der Waals surface area contributed by atoms with Gasteiger partial charge in [-0.05, 0) is 73.0 Å². The highest BCUT2D eigenvalue weighted by Gasteiger charge is 2.21. The molecule has 0 spiro atoms. The summed E-state index contributed by atoms with van der Waals surface area (Å²) >= 11 is 9.04. The zero-order valence-corrected chi connectivity index (χ0v) is 20.5. The monoisotopic (exact) mass is 499 g/mol. The highest BCUT2D eigenvalue weighted by molar-refractivity contribution is 9.10. The number of oxime groups is 1. The minimum atomic E-state index is -0.487. The van der Waals surface area contributed by atoms with Crippen LogP contribution in [-0.2, 0) is 11.4 Å². The van der Waals surface area contributed by atoms with Gasteiger partial charge in [0, 0.05) is 16.1 Å². The van der Waals surface area contributed by atoms with E-state index in [0.29, 0.717) is 11.6 Å². The molecule has 1 atom stereocenters. The van der Waals surface area contributed by atoms with E-state index < -0.39 is 5.54 Å². The first-order valence-electron chi connectivity index (χ1n) is 9.98. The smallest absolute Gasteiger partial charge is 0.146 e. The number of ether oxygens (including phenoxy) is 1. The van der Waals surface area contributed by atoms with Crippen LogP contribution in [0.3, 0.4) is 0 Å². The van der Waals surface area contributed by atoms with Crippen LogP contribution in [0.5, 0.6) is 5.75 Å². The van der Waals surface area contributed by atoms with Crippen molar-refractivity contribution >= 4 is 50.3 Å². The standard InChI is InChI=1S/C24H26BrN3O2S/c1-16-10-21(12-19-11-20(25)13-26-22(16)19)30-17(2)23(31)28-24(3,4)15-27-29-14-18-8-6-5-7-9-18/h5-13,15,17H,14H2,1-4H3,(H,28,31). The second kappa shape index (κ2) is 10.2. The molecule has 1 aromatic heterocycles. The molecule has 2 aromatic carbocycles. The summed E-state index contributed by atoms with van der Waals surface area (Å²) < 4.78 is 7.04. The normalized spacial score (nSPS) is 12.7. The van der Waals surface area contributed by atoms with Crippen molar-refractivity contribution in [3.63, 3.8) is 0 Å². The van der Waals surface area contributed by atoms with Gasteiger partial charge in [-0.1, -0.05) is 47.7 Å². The Labute approximate surface area is 197 Å². The molecule has 3 rings (SSSR count). The molecule has 0 aliphatic carbocycles. The summed E-state index contributed by atoms with van der Waals surface area (Å²) in [6.07, 6.45) is 3.19. The number of thiocarbonyl (C=S) groups is 1. The van der Waals surface area contributed by atoms with E-state index in [0.717, 1.165) is 32.3 Å². The number of aryl methyl sites for hydroxylation is 1. The SMILES string of the molecule is Cc1cc(OC(C)C(=S)NC(C)(C)C=NOCc2ccccc2)cc2cc(Br)cnc12. The average Bonchev–Trinajstić information content (AvgIpc) is 2.71. The average molecular weight is 500 g/mol. The first kappa shape index (κ1) is 23.2. The molecule has 0 amide bonds. The second-order valence-electron chi connectivity index (χ2n) is 7.93. The number of hydrogen-bond donors (Lipinski definition) is 1. The zero-order chi connectivity index (χ0) is 22.4. The minimum absolute atomic E-state index is 0.315. The van der Waals surface area contributed by atoms with E-state index in [9.17, 15) is 0 Å². The topological polar surface area (TPSA) is 55.7 Å². The fourth-order valence-electron chi connectivity index (χ4n) is 3.00. The minimum Gasteiger partial charge on any atom is -0.484 e. The van der Waals surface area contributed by atoms with Gasteiger partial charge in [-0.2, -0.15) is 0 Å². The second-order valence-corrected chi connectivity index (χ2v) is 9.29. The summed E-state index contributed by atoms with van der Waals surface area (Å²) in [4.78, 5) is 10.5. The fourth-order valence-corrected chi connectivity index (χ4v) is 3.66. The number of nitrogens with one attached hydrogen (secondary N) is 1. The van der Waals surface area contributed by atoms with Crippen molar-refractivity contribution < 1.29 is 9.57 Å². The molecule has 0 aliphatic heterocycles. The van der Waals surface area contributed by atoms with Crippen molar-refractivity contribution in [1.29, 1.82) is 0 Å². The number of hydrogen-bond acceptors (Lipinski definition) is 5. The van der Waals surface area contributed by atoms with Gasteiger partial charge in [-0.3, -0.25) is 4.98 Å². The van der Waals surface area contributed by atoms with Crippen molar-refractivity contribution in [2.75, 3.05) is 0 Å². The van der Waals surface area contributed by atoms with Crippen LogP contribution < -0.4 is 10.1 Å². The molecule has 1 heterocycles. The van der Waals surface area contributed by atoms with Gasteiger partial charge in [-0.25, -0.2) is 0 Å². The van der Waals surface area contributed by atoms with Gasteiger partial charge in [0.1, 0.15) is 23.4 Å². The first-order valence-corrected chi connectivity index (χ1v) is 11.2. The summed E-state index contributed by atoms with van der Waals surface area (Å²) in [6.45, 7) is 8.32. The van der Waals surface area contributed by atoms with E-state index in [1.807, 2.05) is 76.2 Å². The van der Waals surface area contributed by atoms with Gasteiger partial charge < -0.3 is 14.9 Å². The molecule has 3 aromatic rings. The summed E-state index contributed by atoms with van der Waals surface area (Å²) in [5.74, 6) is 0.749. The molecule has 0 fully saturated rings. The van der Waals surface area contributed by atoms with Crippen molar-refractivity contribution in [1.82, 2.24) is 10.3 Å².